The fourth-order valence-corrected chi connectivity index (χ4v) is 3.00. The summed E-state index contributed by atoms with van der Waals surface area (Å²) >= 11 is 6.01. The van der Waals surface area contributed by atoms with Crippen LogP contribution >= 0.6 is 11.6 Å². The van der Waals surface area contributed by atoms with Gasteiger partial charge in [-0.2, -0.15) is 0 Å². The Labute approximate surface area is 139 Å². The SMILES string of the molecule is O=[N+]([O-])c1cccnc1N1CCN(Cc2cccc(Cl)c2)CC1. The van der Waals surface area contributed by atoms with E-state index < -0.39 is 0 Å². The van der Waals surface area contributed by atoms with E-state index in [0.29, 0.717) is 5.82 Å². The van der Waals surface area contributed by atoms with Crippen molar-refractivity contribution in [2.45, 2.75) is 6.54 Å². The minimum atomic E-state index is -0.374. The first kappa shape index (κ1) is 15.7. The molecule has 0 N–H and O–H groups in total. The third kappa shape index (κ3) is 3.78. The minimum Gasteiger partial charge on any atom is -0.348 e. The molecule has 2 aromatic rings. The molecule has 0 radical (unpaired) electrons. The van der Waals surface area contributed by atoms with Crippen molar-refractivity contribution >= 4 is 23.1 Å². The van der Waals surface area contributed by atoms with Gasteiger partial charge in [0.2, 0.25) is 5.82 Å². The smallest absolute Gasteiger partial charge is 0.311 e. The van der Waals surface area contributed by atoms with Crippen LogP contribution in [-0.2, 0) is 6.54 Å². The topological polar surface area (TPSA) is 62.5 Å². The summed E-state index contributed by atoms with van der Waals surface area (Å²) in [5.41, 5.74) is 1.24. The second-order valence-corrected chi connectivity index (χ2v) is 5.93. The van der Waals surface area contributed by atoms with E-state index in [1.165, 1.54) is 11.6 Å². The number of piperazine rings is 1. The summed E-state index contributed by atoms with van der Waals surface area (Å²) in [5.74, 6) is 0.458. The van der Waals surface area contributed by atoms with Crippen LogP contribution in [0.5, 0.6) is 0 Å². The fraction of sp³-hybridized carbons (Fsp3) is 0.312. The summed E-state index contributed by atoms with van der Waals surface area (Å²) in [6.07, 6.45) is 1.60. The average molecular weight is 333 g/mol. The molecule has 23 heavy (non-hydrogen) atoms. The first-order chi connectivity index (χ1) is 11.1. The van der Waals surface area contributed by atoms with Gasteiger partial charge in [0, 0.05) is 50.0 Å². The van der Waals surface area contributed by atoms with Crippen molar-refractivity contribution in [3.63, 3.8) is 0 Å². The molecule has 0 bridgehead atoms. The number of anilines is 1. The van der Waals surface area contributed by atoms with Gasteiger partial charge in [-0.3, -0.25) is 15.0 Å². The zero-order valence-electron chi connectivity index (χ0n) is 12.6. The molecule has 2 heterocycles. The second-order valence-electron chi connectivity index (χ2n) is 5.50. The maximum absolute atomic E-state index is 11.1. The third-order valence-corrected chi connectivity index (χ3v) is 4.16. The zero-order valence-corrected chi connectivity index (χ0v) is 13.3. The summed E-state index contributed by atoms with van der Waals surface area (Å²) in [4.78, 5) is 19.2. The molecule has 0 saturated carbocycles. The molecule has 0 unspecified atom stereocenters. The van der Waals surface area contributed by atoms with Crippen LogP contribution in [0.1, 0.15) is 5.56 Å². The molecule has 0 atom stereocenters. The third-order valence-electron chi connectivity index (χ3n) is 3.93. The largest absolute Gasteiger partial charge is 0.348 e. The van der Waals surface area contributed by atoms with Gasteiger partial charge < -0.3 is 4.90 Å². The Bertz CT molecular complexity index is 702. The van der Waals surface area contributed by atoms with Crippen molar-refractivity contribution in [2.75, 3.05) is 31.1 Å². The average Bonchev–Trinajstić information content (AvgIpc) is 2.55. The van der Waals surface area contributed by atoms with Gasteiger partial charge in [0.15, 0.2) is 0 Å². The van der Waals surface area contributed by atoms with Crippen molar-refractivity contribution in [3.05, 3.63) is 63.3 Å². The first-order valence-corrected chi connectivity index (χ1v) is 7.82. The Kier molecular flexibility index (Phi) is 4.73. The lowest BCUT2D eigenvalue weighted by atomic mass is 10.2. The number of halogens is 1. The number of benzene rings is 1. The molecule has 6 nitrogen and oxygen atoms in total. The molecular formula is C16H17ClN4O2. The van der Waals surface area contributed by atoms with E-state index >= 15 is 0 Å². The van der Waals surface area contributed by atoms with Gasteiger partial charge in [0.25, 0.3) is 0 Å². The highest BCUT2D eigenvalue weighted by Gasteiger charge is 2.24. The molecule has 120 valence electrons. The maximum atomic E-state index is 11.1. The Morgan fingerprint density at radius 2 is 1.96 bits per heavy atom. The van der Waals surface area contributed by atoms with E-state index in [1.807, 2.05) is 23.1 Å². The molecule has 0 spiro atoms. The van der Waals surface area contributed by atoms with Crippen molar-refractivity contribution < 1.29 is 4.92 Å². The van der Waals surface area contributed by atoms with Gasteiger partial charge >= 0.3 is 5.69 Å². The number of nitrogens with zero attached hydrogens (tertiary/aromatic N) is 4. The number of hydrogen-bond acceptors (Lipinski definition) is 5. The van der Waals surface area contributed by atoms with Gasteiger partial charge in [0.1, 0.15) is 0 Å². The molecule has 1 aliphatic heterocycles. The van der Waals surface area contributed by atoms with Crippen LogP contribution in [0, 0.1) is 10.1 Å². The van der Waals surface area contributed by atoms with E-state index in [2.05, 4.69) is 16.0 Å². The van der Waals surface area contributed by atoms with Crippen molar-refractivity contribution in [1.29, 1.82) is 0 Å². The monoisotopic (exact) mass is 332 g/mol. The van der Waals surface area contributed by atoms with Gasteiger partial charge in [-0.05, 0) is 23.8 Å². The molecule has 1 saturated heterocycles. The van der Waals surface area contributed by atoms with Crippen molar-refractivity contribution in [1.82, 2.24) is 9.88 Å². The van der Waals surface area contributed by atoms with Crippen LogP contribution in [0.15, 0.2) is 42.6 Å². The predicted molar refractivity (Wildman–Crippen MR) is 89.8 cm³/mol. The normalized spacial score (nSPS) is 15.6. The lowest BCUT2D eigenvalue weighted by molar-refractivity contribution is -0.384. The first-order valence-electron chi connectivity index (χ1n) is 7.44. The summed E-state index contributed by atoms with van der Waals surface area (Å²) < 4.78 is 0. The van der Waals surface area contributed by atoms with Crippen LogP contribution in [0.2, 0.25) is 5.02 Å². The Hall–Kier alpha value is -2.18. The van der Waals surface area contributed by atoms with Crippen LogP contribution < -0.4 is 4.90 Å². The number of rotatable bonds is 4. The molecule has 7 heteroatoms. The summed E-state index contributed by atoms with van der Waals surface area (Å²) in [6.45, 7) is 3.94. The van der Waals surface area contributed by atoms with Gasteiger partial charge in [0.05, 0.1) is 4.92 Å². The molecule has 1 aromatic carbocycles. The van der Waals surface area contributed by atoms with E-state index in [1.54, 1.807) is 12.3 Å². The number of hydrogen-bond donors (Lipinski definition) is 0. The van der Waals surface area contributed by atoms with Crippen molar-refractivity contribution in [3.8, 4) is 0 Å². The molecule has 0 amide bonds. The quantitative estimate of drug-likeness (QED) is 0.636. The Morgan fingerprint density at radius 3 is 2.65 bits per heavy atom. The van der Waals surface area contributed by atoms with Crippen LogP contribution in [0.25, 0.3) is 0 Å². The summed E-state index contributed by atoms with van der Waals surface area (Å²) in [5, 5.41) is 11.9. The van der Waals surface area contributed by atoms with Gasteiger partial charge in [-0.25, -0.2) is 4.98 Å². The number of nitro groups is 1. The van der Waals surface area contributed by atoms with Crippen LogP contribution in [0.4, 0.5) is 11.5 Å². The van der Waals surface area contributed by atoms with E-state index in [9.17, 15) is 10.1 Å². The van der Waals surface area contributed by atoms with Gasteiger partial charge in [-0.1, -0.05) is 23.7 Å². The number of aromatic nitrogens is 1. The molecule has 1 fully saturated rings. The lowest BCUT2D eigenvalue weighted by Crippen LogP contribution is -2.46. The molecular weight excluding hydrogens is 316 g/mol. The molecule has 0 aliphatic carbocycles. The van der Waals surface area contributed by atoms with Crippen LogP contribution in [-0.4, -0.2) is 41.0 Å². The Balaban J connectivity index is 1.64. The standard InChI is InChI=1S/C16H17ClN4O2/c17-14-4-1-3-13(11-14)12-19-7-9-20(10-8-19)16-15(21(22)23)5-2-6-18-16/h1-6,11H,7-10,12H2. The lowest BCUT2D eigenvalue weighted by Gasteiger charge is -2.35. The Morgan fingerprint density at radius 1 is 1.17 bits per heavy atom. The number of pyridine rings is 1. The van der Waals surface area contributed by atoms with E-state index in [-0.39, 0.29) is 10.6 Å². The van der Waals surface area contributed by atoms with Crippen LogP contribution in [0.3, 0.4) is 0 Å². The van der Waals surface area contributed by atoms with Crippen molar-refractivity contribution in [2.24, 2.45) is 0 Å². The van der Waals surface area contributed by atoms with E-state index in [0.717, 1.165) is 37.7 Å². The highest BCUT2D eigenvalue weighted by atomic mass is 35.5. The molecule has 3 rings (SSSR count). The highest BCUT2D eigenvalue weighted by Crippen LogP contribution is 2.26. The maximum Gasteiger partial charge on any atom is 0.311 e. The zero-order chi connectivity index (χ0) is 16.2. The molecule has 1 aromatic heterocycles. The highest BCUT2D eigenvalue weighted by molar-refractivity contribution is 6.30. The summed E-state index contributed by atoms with van der Waals surface area (Å²) in [6, 6.07) is 10.9. The fourth-order valence-electron chi connectivity index (χ4n) is 2.79. The van der Waals surface area contributed by atoms with E-state index in [4.69, 9.17) is 11.6 Å². The minimum absolute atomic E-state index is 0.0655. The second kappa shape index (κ2) is 6.93. The predicted octanol–water partition coefficient (Wildman–Crippen LogP) is 2.97. The van der Waals surface area contributed by atoms with Gasteiger partial charge in [-0.15, -0.1) is 0 Å². The molecule has 1 aliphatic rings. The summed E-state index contributed by atoms with van der Waals surface area (Å²) in [7, 11) is 0.